The van der Waals surface area contributed by atoms with E-state index in [1.54, 1.807) is 24.3 Å². The van der Waals surface area contributed by atoms with Crippen LogP contribution in [-0.2, 0) is 20.6 Å². The van der Waals surface area contributed by atoms with Crippen LogP contribution in [0.5, 0.6) is 0 Å². The molecular formula is C20H23N3O5S2. The Kier molecular flexibility index (Phi) is 7.46. The quantitative estimate of drug-likeness (QED) is 0.487. The van der Waals surface area contributed by atoms with Crippen molar-refractivity contribution in [2.45, 2.75) is 29.9 Å². The molecule has 8 nitrogen and oxygen atoms in total. The zero-order valence-electron chi connectivity index (χ0n) is 16.3. The first-order valence-corrected chi connectivity index (χ1v) is 12.2. The Hall–Kier alpha value is -2.43. The number of thioether (sulfide) groups is 1. The van der Waals surface area contributed by atoms with Crippen LogP contribution in [0.3, 0.4) is 0 Å². The minimum absolute atomic E-state index is 0.0345. The maximum Gasteiger partial charge on any atom is 0.269 e. The number of anilines is 1. The summed E-state index contributed by atoms with van der Waals surface area (Å²) in [4.78, 5) is 22.6. The molecule has 0 aromatic heterocycles. The molecule has 0 spiro atoms. The molecule has 1 amide bonds. The zero-order valence-corrected chi connectivity index (χ0v) is 18.0. The summed E-state index contributed by atoms with van der Waals surface area (Å²) in [7, 11) is -3.49. The maximum atomic E-state index is 12.7. The molecule has 1 aliphatic heterocycles. The average Bonchev–Trinajstić information content (AvgIpc) is 2.75. The zero-order chi connectivity index (χ0) is 21.6. The number of hydrogen-bond acceptors (Lipinski definition) is 6. The van der Waals surface area contributed by atoms with Crippen LogP contribution < -0.4 is 5.32 Å². The molecule has 0 radical (unpaired) electrons. The lowest BCUT2D eigenvalue weighted by Gasteiger charge is -2.25. The Morgan fingerprint density at radius 3 is 2.27 bits per heavy atom. The van der Waals surface area contributed by atoms with Crippen LogP contribution in [0.25, 0.3) is 0 Å². The van der Waals surface area contributed by atoms with Gasteiger partial charge in [0, 0.05) is 36.7 Å². The van der Waals surface area contributed by atoms with Crippen molar-refractivity contribution in [3.05, 3.63) is 64.2 Å². The normalized spacial score (nSPS) is 14.9. The maximum absolute atomic E-state index is 12.7. The van der Waals surface area contributed by atoms with E-state index in [0.717, 1.165) is 24.8 Å². The summed E-state index contributed by atoms with van der Waals surface area (Å²) in [5.74, 6) is 0.567. The van der Waals surface area contributed by atoms with E-state index >= 15 is 0 Å². The van der Waals surface area contributed by atoms with E-state index in [1.807, 2.05) is 0 Å². The fraction of sp³-hybridized carbons (Fsp3) is 0.350. The molecule has 0 bridgehead atoms. The van der Waals surface area contributed by atoms with E-state index in [1.165, 1.54) is 40.3 Å². The molecule has 1 aliphatic rings. The van der Waals surface area contributed by atoms with Crippen LogP contribution in [0.2, 0.25) is 0 Å². The number of hydrogen-bond donors (Lipinski definition) is 1. The number of non-ortho nitro benzene ring substituents is 1. The smallest absolute Gasteiger partial charge is 0.269 e. The van der Waals surface area contributed by atoms with Crippen molar-refractivity contribution >= 4 is 39.1 Å². The highest BCUT2D eigenvalue weighted by atomic mass is 32.2. The summed E-state index contributed by atoms with van der Waals surface area (Å²) in [5.41, 5.74) is 1.46. The monoisotopic (exact) mass is 449 g/mol. The predicted molar refractivity (Wildman–Crippen MR) is 117 cm³/mol. The third kappa shape index (κ3) is 5.80. The Labute approximate surface area is 179 Å². The first kappa shape index (κ1) is 22.3. The minimum Gasteiger partial charge on any atom is -0.325 e. The molecule has 0 aliphatic carbocycles. The van der Waals surface area contributed by atoms with E-state index in [4.69, 9.17) is 0 Å². The summed E-state index contributed by atoms with van der Waals surface area (Å²) in [6.45, 7) is 1.10. The Morgan fingerprint density at radius 1 is 1.03 bits per heavy atom. The molecule has 1 fully saturated rings. The van der Waals surface area contributed by atoms with E-state index < -0.39 is 14.9 Å². The number of piperidine rings is 1. The topological polar surface area (TPSA) is 110 Å². The molecule has 30 heavy (non-hydrogen) atoms. The summed E-state index contributed by atoms with van der Waals surface area (Å²) < 4.78 is 26.8. The number of carbonyl (C=O) groups is 1. The van der Waals surface area contributed by atoms with Gasteiger partial charge >= 0.3 is 0 Å². The number of carbonyl (C=O) groups excluding carboxylic acids is 1. The number of nitro benzene ring substituents is 1. The third-order valence-electron chi connectivity index (χ3n) is 4.74. The molecule has 0 atom stereocenters. The fourth-order valence-corrected chi connectivity index (χ4v) is 5.44. The summed E-state index contributed by atoms with van der Waals surface area (Å²) in [6.07, 6.45) is 2.81. The summed E-state index contributed by atoms with van der Waals surface area (Å²) in [5, 5.41) is 13.4. The van der Waals surface area contributed by atoms with Gasteiger partial charge in [0.2, 0.25) is 15.9 Å². The number of nitrogens with one attached hydrogen (secondary N) is 1. The van der Waals surface area contributed by atoms with Crippen molar-refractivity contribution < 1.29 is 18.1 Å². The molecule has 0 unspecified atom stereocenters. The second-order valence-electron chi connectivity index (χ2n) is 6.95. The van der Waals surface area contributed by atoms with Crippen molar-refractivity contribution in [2.75, 3.05) is 24.2 Å². The average molecular weight is 450 g/mol. The molecule has 10 heteroatoms. The standard InChI is InChI=1S/C20H23N3O5S2/c24-20(15-29-14-16-4-8-18(9-5-16)23(25)26)21-17-6-10-19(11-7-17)30(27,28)22-12-2-1-3-13-22/h4-11H,1-3,12-15H2,(H,21,24). The lowest BCUT2D eigenvalue weighted by atomic mass is 10.2. The Bertz CT molecular complexity index is 986. The Morgan fingerprint density at radius 2 is 1.67 bits per heavy atom. The van der Waals surface area contributed by atoms with Gasteiger partial charge in [0.25, 0.3) is 5.69 Å². The number of amides is 1. The molecule has 3 rings (SSSR count). The van der Waals surface area contributed by atoms with Crippen LogP contribution in [-0.4, -0.2) is 42.4 Å². The summed E-state index contributed by atoms with van der Waals surface area (Å²) in [6, 6.07) is 12.4. The lowest BCUT2D eigenvalue weighted by Crippen LogP contribution is -2.35. The van der Waals surface area contributed by atoms with Gasteiger partial charge in [0.15, 0.2) is 0 Å². The molecule has 1 heterocycles. The second kappa shape index (κ2) is 10.1. The molecule has 0 saturated carbocycles. The molecule has 160 valence electrons. The van der Waals surface area contributed by atoms with E-state index in [0.29, 0.717) is 24.5 Å². The molecule has 1 N–H and O–H groups in total. The van der Waals surface area contributed by atoms with Gasteiger partial charge in [-0.1, -0.05) is 18.6 Å². The van der Waals surface area contributed by atoms with Crippen molar-refractivity contribution in [2.24, 2.45) is 0 Å². The number of benzene rings is 2. The minimum atomic E-state index is -3.49. The van der Waals surface area contributed by atoms with E-state index in [2.05, 4.69) is 5.32 Å². The van der Waals surface area contributed by atoms with Gasteiger partial charge in [0.1, 0.15) is 0 Å². The molecule has 1 saturated heterocycles. The van der Waals surface area contributed by atoms with Crippen molar-refractivity contribution in [1.29, 1.82) is 0 Å². The van der Waals surface area contributed by atoms with E-state index in [-0.39, 0.29) is 22.2 Å². The predicted octanol–water partition coefficient (Wildman–Crippen LogP) is 3.64. The van der Waals surface area contributed by atoms with Gasteiger partial charge in [-0.25, -0.2) is 8.42 Å². The van der Waals surface area contributed by atoms with Gasteiger partial charge in [-0.2, -0.15) is 4.31 Å². The largest absolute Gasteiger partial charge is 0.325 e. The van der Waals surface area contributed by atoms with Gasteiger partial charge < -0.3 is 5.32 Å². The van der Waals surface area contributed by atoms with Crippen LogP contribution in [0.4, 0.5) is 11.4 Å². The van der Waals surface area contributed by atoms with Gasteiger partial charge in [-0.05, 0) is 42.7 Å². The van der Waals surface area contributed by atoms with Crippen molar-refractivity contribution in [3.8, 4) is 0 Å². The van der Waals surface area contributed by atoms with Crippen LogP contribution in [0, 0.1) is 10.1 Å². The van der Waals surface area contributed by atoms with Gasteiger partial charge in [0.05, 0.1) is 15.6 Å². The van der Waals surface area contributed by atoms with Crippen LogP contribution in [0.15, 0.2) is 53.4 Å². The van der Waals surface area contributed by atoms with E-state index in [9.17, 15) is 23.3 Å². The van der Waals surface area contributed by atoms with Gasteiger partial charge in [-0.15, -0.1) is 11.8 Å². The number of nitro groups is 1. The summed E-state index contributed by atoms with van der Waals surface area (Å²) >= 11 is 1.39. The van der Waals surface area contributed by atoms with Crippen molar-refractivity contribution in [1.82, 2.24) is 4.31 Å². The highest BCUT2D eigenvalue weighted by Crippen LogP contribution is 2.22. The highest BCUT2D eigenvalue weighted by Gasteiger charge is 2.25. The third-order valence-corrected chi connectivity index (χ3v) is 7.66. The second-order valence-corrected chi connectivity index (χ2v) is 9.88. The number of rotatable bonds is 8. The first-order valence-electron chi connectivity index (χ1n) is 9.57. The SMILES string of the molecule is O=C(CSCc1ccc([N+](=O)[O-])cc1)Nc1ccc(S(=O)(=O)N2CCCCC2)cc1. The lowest BCUT2D eigenvalue weighted by molar-refractivity contribution is -0.384. The van der Waals surface area contributed by atoms with Gasteiger partial charge in [-0.3, -0.25) is 14.9 Å². The highest BCUT2D eigenvalue weighted by molar-refractivity contribution is 7.99. The van der Waals surface area contributed by atoms with Crippen molar-refractivity contribution in [3.63, 3.8) is 0 Å². The molecular weight excluding hydrogens is 426 g/mol. The number of sulfonamides is 1. The number of nitrogens with zero attached hydrogens (tertiary/aromatic N) is 2. The van der Waals surface area contributed by atoms with Crippen LogP contribution >= 0.6 is 11.8 Å². The molecule has 2 aromatic rings. The fourth-order valence-electron chi connectivity index (χ4n) is 3.14. The van der Waals surface area contributed by atoms with Crippen LogP contribution in [0.1, 0.15) is 24.8 Å². The Balaban J connectivity index is 1.49. The molecule has 2 aromatic carbocycles. The first-order chi connectivity index (χ1) is 14.4.